The minimum atomic E-state index is -4.43. The molecule has 0 aliphatic carbocycles. The summed E-state index contributed by atoms with van der Waals surface area (Å²) in [7, 11) is 0. The number of hydrogen-bond donors (Lipinski definition) is 0. The minimum Gasteiger partial charge on any atom is -0.356 e. The molecule has 0 saturated carbocycles. The van der Waals surface area contributed by atoms with Gasteiger partial charge in [0.2, 0.25) is 0 Å². The quantitative estimate of drug-likeness (QED) is 0.666. The van der Waals surface area contributed by atoms with Crippen molar-refractivity contribution in [3.63, 3.8) is 0 Å². The second-order valence-corrected chi connectivity index (χ2v) is 7.29. The first-order valence-corrected chi connectivity index (χ1v) is 9.71. The van der Waals surface area contributed by atoms with Crippen LogP contribution in [0.25, 0.3) is 11.2 Å². The van der Waals surface area contributed by atoms with Crippen molar-refractivity contribution in [1.29, 1.82) is 0 Å². The van der Waals surface area contributed by atoms with Crippen molar-refractivity contribution < 1.29 is 13.2 Å². The van der Waals surface area contributed by atoms with E-state index >= 15 is 0 Å². The van der Waals surface area contributed by atoms with E-state index in [-0.39, 0.29) is 17.4 Å². The normalized spacial score (nSPS) is 15.9. The van der Waals surface area contributed by atoms with Crippen LogP contribution < -0.4 is 10.6 Å². The van der Waals surface area contributed by atoms with E-state index in [0.717, 1.165) is 11.6 Å². The average molecular weight is 405 g/mol. The molecule has 0 bridgehead atoms. The van der Waals surface area contributed by atoms with Gasteiger partial charge in [-0.3, -0.25) is 9.13 Å². The molecule has 1 fully saturated rings. The Balaban J connectivity index is 1.52. The molecule has 3 aromatic heterocycles. The van der Waals surface area contributed by atoms with Gasteiger partial charge in [0.15, 0.2) is 5.65 Å². The van der Waals surface area contributed by atoms with Gasteiger partial charge in [0, 0.05) is 38.6 Å². The first-order valence-electron chi connectivity index (χ1n) is 9.71. The van der Waals surface area contributed by atoms with Crippen molar-refractivity contribution in [3.8, 4) is 0 Å². The summed E-state index contributed by atoms with van der Waals surface area (Å²) in [6.45, 7) is 3.94. The molecule has 0 aromatic carbocycles. The Bertz CT molecular complexity index is 1060. The Kier molecular flexibility index (Phi) is 5.06. The third-order valence-corrected chi connectivity index (χ3v) is 5.54. The Morgan fingerprint density at radius 1 is 1.07 bits per heavy atom. The minimum absolute atomic E-state index is 0.0140. The van der Waals surface area contributed by atoms with Gasteiger partial charge in [-0.2, -0.15) is 13.2 Å². The lowest BCUT2D eigenvalue weighted by molar-refractivity contribution is -0.137. The molecule has 6 nitrogen and oxygen atoms in total. The lowest BCUT2D eigenvalue weighted by Crippen LogP contribution is -2.38. The zero-order valence-corrected chi connectivity index (χ0v) is 16.1. The van der Waals surface area contributed by atoms with Crippen LogP contribution in [0.5, 0.6) is 0 Å². The van der Waals surface area contributed by atoms with Gasteiger partial charge in [0.05, 0.1) is 11.1 Å². The first-order chi connectivity index (χ1) is 13.9. The fraction of sp³-hybridized carbons (Fsp3) is 0.450. The van der Waals surface area contributed by atoms with Crippen LogP contribution >= 0.6 is 0 Å². The van der Waals surface area contributed by atoms with Crippen LogP contribution in [0.2, 0.25) is 0 Å². The lowest BCUT2D eigenvalue weighted by Gasteiger charge is -2.34. The van der Waals surface area contributed by atoms with E-state index in [1.165, 1.54) is 12.3 Å². The number of aryl methyl sites for hydroxylation is 1. The van der Waals surface area contributed by atoms with Crippen molar-refractivity contribution >= 4 is 17.0 Å². The molecule has 0 unspecified atom stereocenters. The maximum Gasteiger partial charge on any atom is 0.419 e. The lowest BCUT2D eigenvalue weighted by atomic mass is 9.96. The molecular formula is C20H22F3N5O. The highest BCUT2D eigenvalue weighted by molar-refractivity contribution is 5.71. The fourth-order valence-corrected chi connectivity index (χ4v) is 4.07. The molecule has 1 saturated heterocycles. The van der Waals surface area contributed by atoms with Crippen LogP contribution in [0, 0.1) is 5.92 Å². The van der Waals surface area contributed by atoms with Crippen LogP contribution in [-0.2, 0) is 19.3 Å². The number of piperidine rings is 1. The maximum absolute atomic E-state index is 13.3. The van der Waals surface area contributed by atoms with E-state index in [1.54, 1.807) is 20.2 Å². The monoisotopic (exact) mass is 405 g/mol. The molecule has 3 aromatic rings. The smallest absolute Gasteiger partial charge is 0.356 e. The molecular weight excluding hydrogens is 383 g/mol. The second-order valence-electron chi connectivity index (χ2n) is 7.29. The van der Waals surface area contributed by atoms with Gasteiger partial charge in [0.25, 0.3) is 0 Å². The van der Waals surface area contributed by atoms with Crippen molar-refractivity contribution in [2.24, 2.45) is 5.92 Å². The van der Waals surface area contributed by atoms with E-state index in [1.807, 2.05) is 19.1 Å². The molecule has 0 radical (unpaired) electrons. The van der Waals surface area contributed by atoms with Crippen molar-refractivity contribution in [3.05, 3.63) is 52.7 Å². The summed E-state index contributed by atoms with van der Waals surface area (Å²) in [5, 5.41) is 0. The second kappa shape index (κ2) is 7.53. The third kappa shape index (κ3) is 3.61. The number of pyridine rings is 2. The highest BCUT2D eigenvalue weighted by Gasteiger charge is 2.36. The van der Waals surface area contributed by atoms with Crippen LogP contribution in [0.15, 0.2) is 41.5 Å². The summed E-state index contributed by atoms with van der Waals surface area (Å²) in [5.41, 5.74) is 0.671. The Morgan fingerprint density at radius 3 is 2.45 bits per heavy atom. The number of aromatic nitrogens is 4. The van der Waals surface area contributed by atoms with Crippen LogP contribution in [0.3, 0.4) is 0 Å². The first kappa shape index (κ1) is 19.5. The Labute approximate surface area is 165 Å². The molecule has 0 spiro atoms. The number of fused-ring (bicyclic) bond motifs is 1. The summed E-state index contributed by atoms with van der Waals surface area (Å²) in [4.78, 5) is 22.8. The predicted octanol–water partition coefficient (Wildman–Crippen LogP) is 3.55. The Morgan fingerprint density at radius 2 is 1.76 bits per heavy atom. The molecule has 1 aliphatic heterocycles. The predicted molar refractivity (Wildman–Crippen MR) is 104 cm³/mol. The Hall–Kier alpha value is -2.84. The van der Waals surface area contributed by atoms with Gasteiger partial charge in [0.1, 0.15) is 5.82 Å². The summed E-state index contributed by atoms with van der Waals surface area (Å²) >= 11 is 0. The molecule has 1 aliphatic rings. The van der Waals surface area contributed by atoms with E-state index in [4.69, 9.17) is 0 Å². The summed E-state index contributed by atoms with van der Waals surface area (Å²) in [6.07, 6.45) is 0.00139. The van der Waals surface area contributed by atoms with Crippen molar-refractivity contribution in [2.75, 3.05) is 18.0 Å². The molecule has 4 rings (SSSR count). The number of halogens is 3. The zero-order chi connectivity index (χ0) is 20.6. The van der Waals surface area contributed by atoms with Gasteiger partial charge in [-0.25, -0.2) is 14.8 Å². The van der Waals surface area contributed by atoms with Crippen LogP contribution in [0.1, 0.15) is 25.3 Å². The van der Waals surface area contributed by atoms with Gasteiger partial charge in [-0.05, 0) is 49.9 Å². The fourth-order valence-electron chi connectivity index (χ4n) is 4.07. The highest BCUT2D eigenvalue weighted by atomic mass is 19.4. The van der Waals surface area contributed by atoms with Gasteiger partial charge >= 0.3 is 11.9 Å². The topological polar surface area (TPSA) is 56.0 Å². The van der Waals surface area contributed by atoms with Gasteiger partial charge in [-0.15, -0.1) is 0 Å². The van der Waals surface area contributed by atoms with Crippen LogP contribution in [-0.4, -0.2) is 32.2 Å². The largest absolute Gasteiger partial charge is 0.419 e. The standard InChI is InChI=1S/C20H22F3N5O/c1-2-27-16-6-4-10-25-18(16)28(19(27)29)13-14-7-11-26(12-8-14)17-15(20(21,22)23)5-3-9-24-17/h3-6,9-10,14H,2,7-8,11-13H2,1H3. The number of anilines is 1. The zero-order valence-electron chi connectivity index (χ0n) is 16.1. The molecule has 29 heavy (non-hydrogen) atoms. The number of alkyl halides is 3. The molecule has 0 N–H and O–H groups in total. The van der Waals surface area contributed by atoms with E-state index < -0.39 is 11.7 Å². The van der Waals surface area contributed by atoms with Gasteiger partial charge < -0.3 is 4.90 Å². The van der Waals surface area contributed by atoms with E-state index in [0.29, 0.717) is 44.7 Å². The van der Waals surface area contributed by atoms with Crippen LogP contribution in [0.4, 0.5) is 19.0 Å². The molecule has 154 valence electrons. The molecule has 9 heteroatoms. The summed E-state index contributed by atoms with van der Waals surface area (Å²) in [6, 6.07) is 6.06. The summed E-state index contributed by atoms with van der Waals surface area (Å²) in [5.74, 6) is 0.180. The summed E-state index contributed by atoms with van der Waals surface area (Å²) < 4.78 is 43.2. The number of rotatable bonds is 4. The number of imidazole rings is 1. The highest BCUT2D eigenvalue weighted by Crippen LogP contribution is 2.36. The average Bonchev–Trinajstić information content (AvgIpc) is 2.99. The number of hydrogen-bond acceptors (Lipinski definition) is 4. The third-order valence-electron chi connectivity index (χ3n) is 5.54. The number of nitrogens with zero attached hydrogens (tertiary/aromatic N) is 5. The maximum atomic E-state index is 13.3. The molecule has 0 atom stereocenters. The van der Waals surface area contributed by atoms with Crippen molar-refractivity contribution in [1.82, 2.24) is 19.1 Å². The van der Waals surface area contributed by atoms with Gasteiger partial charge in [-0.1, -0.05) is 0 Å². The molecule has 0 amide bonds. The van der Waals surface area contributed by atoms with E-state index in [2.05, 4.69) is 9.97 Å². The SMILES string of the molecule is CCn1c(=O)n(CC2CCN(c3ncccc3C(F)(F)F)CC2)c2ncccc21. The molecule has 4 heterocycles. The van der Waals surface area contributed by atoms with Crippen molar-refractivity contribution in [2.45, 2.75) is 39.0 Å². The van der Waals surface area contributed by atoms with E-state index in [9.17, 15) is 18.0 Å².